The van der Waals surface area contributed by atoms with Gasteiger partial charge in [-0.1, -0.05) is 0 Å². The summed E-state index contributed by atoms with van der Waals surface area (Å²) >= 11 is 0. The van der Waals surface area contributed by atoms with E-state index in [0.29, 0.717) is 22.8 Å². The summed E-state index contributed by atoms with van der Waals surface area (Å²) in [5, 5.41) is 13.1. The van der Waals surface area contributed by atoms with Crippen molar-refractivity contribution in [2.75, 3.05) is 0 Å². The first-order chi connectivity index (χ1) is 12.8. The Labute approximate surface area is 150 Å². The van der Waals surface area contributed by atoms with Gasteiger partial charge in [0.15, 0.2) is 22.8 Å². The van der Waals surface area contributed by atoms with E-state index in [9.17, 15) is 13.2 Å². The van der Waals surface area contributed by atoms with Crippen molar-refractivity contribution in [1.29, 1.82) is 0 Å². The molecule has 1 unspecified atom stereocenters. The van der Waals surface area contributed by atoms with E-state index in [0.717, 1.165) is 24.3 Å². The maximum absolute atomic E-state index is 13.1. The molecule has 1 aliphatic rings. The molecular weight excluding hydrogens is 361 g/mol. The average molecular weight is 376 g/mol. The van der Waals surface area contributed by atoms with E-state index in [2.05, 4.69) is 25.3 Å². The van der Waals surface area contributed by atoms with Gasteiger partial charge in [0.05, 0.1) is 11.6 Å². The van der Waals surface area contributed by atoms with Gasteiger partial charge < -0.3 is 0 Å². The molecule has 4 heterocycles. The number of halogens is 3. The number of nitrogens with zero attached hydrogens (tertiary/aromatic N) is 8. The molecule has 1 aliphatic carbocycles. The Bertz CT molecular complexity index is 1160. The lowest BCUT2D eigenvalue weighted by molar-refractivity contribution is -0.141. The van der Waals surface area contributed by atoms with Crippen molar-refractivity contribution in [3.05, 3.63) is 35.8 Å². The molecule has 0 saturated heterocycles. The van der Waals surface area contributed by atoms with Crippen molar-refractivity contribution in [2.24, 2.45) is 7.05 Å². The van der Waals surface area contributed by atoms with Gasteiger partial charge >= 0.3 is 6.18 Å². The molecule has 4 aromatic heterocycles. The second-order valence-electron chi connectivity index (χ2n) is 6.84. The molecule has 1 atom stereocenters. The number of aryl methyl sites for hydroxylation is 1. The quantitative estimate of drug-likeness (QED) is 0.549. The molecule has 0 amide bonds. The summed E-state index contributed by atoms with van der Waals surface area (Å²) in [5.41, 5.74) is 0.923. The Kier molecular flexibility index (Phi) is 3.16. The van der Waals surface area contributed by atoms with Crippen LogP contribution in [0.3, 0.4) is 0 Å². The third-order valence-corrected chi connectivity index (χ3v) is 4.88. The van der Waals surface area contributed by atoms with Crippen LogP contribution in [-0.2, 0) is 13.2 Å². The van der Waals surface area contributed by atoms with Gasteiger partial charge in [-0.15, -0.1) is 5.10 Å². The summed E-state index contributed by atoms with van der Waals surface area (Å²) in [6.45, 7) is 1.75. The molecule has 5 rings (SSSR count). The second-order valence-corrected chi connectivity index (χ2v) is 6.84. The van der Waals surface area contributed by atoms with Crippen LogP contribution in [0.1, 0.15) is 48.9 Å². The van der Waals surface area contributed by atoms with Crippen LogP contribution in [0.15, 0.2) is 18.6 Å². The van der Waals surface area contributed by atoms with Crippen LogP contribution in [0.2, 0.25) is 0 Å². The molecule has 4 aromatic rings. The summed E-state index contributed by atoms with van der Waals surface area (Å²) in [6.07, 6.45) is 0.427. The fourth-order valence-electron chi connectivity index (χ4n) is 3.28. The fraction of sp³-hybridized carbons (Fsp3) is 0.438. The van der Waals surface area contributed by atoms with Gasteiger partial charge in [-0.3, -0.25) is 9.36 Å². The van der Waals surface area contributed by atoms with E-state index < -0.39 is 17.9 Å². The van der Waals surface area contributed by atoms with Gasteiger partial charge in [-0.2, -0.15) is 23.4 Å². The van der Waals surface area contributed by atoms with Crippen molar-refractivity contribution in [2.45, 2.75) is 37.9 Å². The minimum absolute atomic E-state index is 0.111. The van der Waals surface area contributed by atoms with E-state index in [4.69, 9.17) is 0 Å². The molecule has 1 fully saturated rings. The summed E-state index contributed by atoms with van der Waals surface area (Å²) in [5.74, 6) is 0.492. The van der Waals surface area contributed by atoms with Crippen LogP contribution in [0.5, 0.6) is 0 Å². The van der Waals surface area contributed by atoms with E-state index in [1.807, 2.05) is 0 Å². The molecule has 0 aromatic carbocycles. The van der Waals surface area contributed by atoms with E-state index in [1.54, 1.807) is 24.9 Å². The summed E-state index contributed by atoms with van der Waals surface area (Å²) in [4.78, 5) is 8.84. The molecule has 1 saturated carbocycles. The minimum Gasteiger partial charge on any atom is -0.258 e. The molecule has 0 aliphatic heterocycles. The highest BCUT2D eigenvalue weighted by Gasteiger charge is 2.39. The van der Waals surface area contributed by atoms with Crippen molar-refractivity contribution in [3.63, 3.8) is 0 Å². The number of aromatic nitrogens is 8. The fourth-order valence-corrected chi connectivity index (χ4v) is 3.28. The number of fused-ring (bicyclic) bond motifs is 3. The first-order valence-electron chi connectivity index (χ1n) is 8.52. The zero-order chi connectivity index (χ0) is 18.9. The molecule has 0 radical (unpaired) electrons. The van der Waals surface area contributed by atoms with Crippen molar-refractivity contribution in [3.8, 4) is 0 Å². The summed E-state index contributed by atoms with van der Waals surface area (Å²) in [6, 6.07) is 0.605. The van der Waals surface area contributed by atoms with E-state index >= 15 is 0 Å². The lowest BCUT2D eigenvalue weighted by Crippen LogP contribution is -2.15. The van der Waals surface area contributed by atoms with Crippen LogP contribution >= 0.6 is 0 Å². The van der Waals surface area contributed by atoms with Crippen LogP contribution < -0.4 is 0 Å². The van der Waals surface area contributed by atoms with Crippen LogP contribution in [-0.4, -0.2) is 39.1 Å². The Morgan fingerprint density at radius 2 is 1.96 bits per heavy atom. The molecule has 11 heteroatoms. The van der Waals surface area contributed by atoms with E-state index in [1.165, 1.54) is 15.5 Å². The number of hydrogen-bond acceptors (Lipinski definition) is 5. The third kappa shape index (κ3) is 2.48. The maximum Gasteiger partial charge on any atom is 0.435 e. The van der Waals surface area contributed by atoms with Crippen molar-refractivity contribution in [1.82, 2.24) is 39.1 Å². The summed E-state index contributed by atoms with van der Waals surface area (Å²) in [7, 11) is 1.77. The molecular formula is C16H15F3N8. The Hall–Kier alpha value is -2.98. The van der Waals surface area contributed by atoms with Gasteiger partial charge in [0.1, 0.15) is 12.4 Å². The molecule has 140 valence electrons. The van der Waals surface area contributed by atoms with Crippen LogP contribution in [0.4, 0.5) is 13.2 Å². The first kappa shape index (κ1) is 16.2. The standard InChI is InChI=1S/C16H15F3N8/c1-8(27-11(9-3-4-9)5-12(23-27)16(17,18)19)13-22-15-10-6-21-25(2)14(10)20-7-26(15)24-13/h5-9H,3-4H2,1-2H3. The van der Waals surface area contributed by atoms with Gasteiger partial charge in [-0.25, -0.2) is 14.5 Å². The first-order valence-corrected chi connectivity index (χ1v) is 8.52. The Morgan fingerprint density at radius 3 is 2.67 bits per heavy atom. The van der Waals surface area contributed by atoms with E-state index in [-0.39, 0.29) is 5.92 Å². The predicted molar refractivity (Wildman–Crippen MR) is 88.1 cm³/mol. The molecule has 0 bridgehead atoms. The van der Waals surface area contributed by atoms with Gasteiger partial charge in [0, 0.05) is 18.7 Å². The number of hydrogen-bond donors (Lipinski definition) is 0. The highest BCUT2D eigenvalue weighted by molar-refractivity contribution is 5.88. The predicted octanol–water partition coefficient (Wildman–Crippen LogP) is 2.71. The van der Waals surface area contributed by atoms with Gasteiger partial charge in [0.25, 0.3) is 0 Å². The molecule has 27 heavy (non-hydrogen) atoms. The smallest absolute Gasteiger partial charge is 0.258 e. The van der Waals surface area contributed by atoms with Crippen LogP contribution in [0, 0.1) is 0 Å². The molecule has 0 spiro atoms. The van der Waals surface area contributed by atoms with Gasteiger partial charge in [-0.05, 0) is 25.8 Å². The third-order valence-electron chi connectivity index (χ3n) is 4.88. The molecule has 8 nitrogen and oxygen atoms in total. The van der Waals surface area contributed by atoms with Gasteiger partial charge in [0.2, 0.25) is 0 Å². The average Bonchev–Trinajstić information content (AvgIpc) is 3.06. The van der Waals surface area contributed by atoms with Crippen molar-refractivity contribution >= 4 is 16.7 Å². The zero-order valence-electron chi connectivity index (χ0n) is 14.5. The minimum atomic E-state index is -4.48. The van der Waals surface area contributed by atoms with Crippen LogP contribution in [0.25, 0.3) is 16.7 Å². The number of alkyl halides is 3. The SMILES string of the molecule is CC(c1nc2c3cnn(C)c3ncn2n1)n1nc(C(F)(F)F)cc1C1CC1. The maximum atomic E-state index is 13.1. The Balaban J connectivity index is 1.62. The topological polar surface area (TPSA) is 78.7 Å². The largest absolute Gasteiger partial charge is 0.435 e. The molecule has 0 N–H and O–H groups in total. The highest BCUT2D eigenvalue weighted by Crippen LogP contribution is 2.43. The normalized spacial score (nSPS) is 16.5. The second kappa shape index (κ2) is 5.27. The Morgan fingerprint density at radius 1 is 1.19 bits per heavy atom. The number of rotatable bonds is 3. The highest BCUT2D eigenvalue weighted by atomic mass is 19.4. The lowest BCUT2D eigenvalue weighted by atomic mass is 10.2. The zero-order valence-corrected chi connectivity index (χ0v) is 14.5. The lowest BCUT2D eigenvalue weighted by Gasteiger charge is -2.12. The van der Waals surface area contributed by atoms with Crippen molar-refractivity contribution < 1.29 is 13.2 Å². The monoisotopic (exact) mass is 376 g/mol. The summed E-state index contributed by atoms with van der Waals surface area (Å²) < 4.78 is 44.0.